The standard InChI is InChI=1S/C21H23N7OS2/c1-24-20(17-5-4-12-31-17)23-28(21(24)30)15-26-10-8-25(9-11-26)14-16-13-19(29)27-7-3-2-6-18(27)22-16/h2-7,12-13H,8-11,14-15H2,1H3. The maximum Gasteiger partial charge on any atom is 0.258 e. The lowest BCUT2D eigenvalue weighted by atomic mass is 10.3. The van der Waals surface area contributed by atoms with Crippen molar-refractivity contribution in [3.63, 3.8) is 0 Å². The van der Waals surface area contributed by atoms with Crippen LogP contribution >= 0.6 is 23.6 Å². The van der Waals surface area contributed by atoms with Gasteiger partial charge >= 0.3 is 0 Å². The first-order chi connectivity index (χ1) is 15.1. The number of rotatable bonds is 5. The molecule has 0 amide bonds. The molecule has 4 aromatic heterocycles. The maximum atomic E-state index is 12.3. The molecule has 160 valence electrons. The Balaban J connectivity index is 1.23. The Hall–Kier alpha value is -2.66. The summed E-state index contributed by atoms with van der Waals surface area (Å²) in [6.07, 6.45) is 1.75. The molecule has 10 heteroatoms. The number of thiophene rings is 1. The van der Waals surface area contributed by atoms with Crippen LogP contribution in [0.2, 0.25) is 0 Å². The molecule has 0 saturated carbocycles. The molecule has 0 N–H and O–H groups in total. The second-order valence-corrected chi connectivity index (χ2v) is 9.01. The molecule has 31 heavy (non-hydrogen) atoms. The molecule has 8 nitrogen and oxygen atoms in total. The van der Waals surface area contributed by atoms with E-state index in [1.807, 2.05) is 40.6 Å². The summed E-state index contributed by atoms with van der Waals surface area (Å²) in [6.45, 7) is 5.02. The topological polar surface area (TPSA) is 63.6 Å². The highest BCUT2D eigenvalue weighted by Crippen LogP contribution is 2.23. The number of fused-ring (bicyclic) bond motifs is 1. The average molecular weight is 454 g/mol. The SMILES string of the molecule is Cn1c(-c2cccs2)nn(CN2CCN(Cc3cc(=O)n4ccccc4n3)CC2)c1=S. The number of piperazine rings is 1. The monoisotopic (exact) mass is 453 g/mol. The molecule has 4 aromatic rings. The Morgan fingerprint density at radius 3 is 2.68 bits per heavy atom. The lowest BCUT2D eigenvalue weighted by molar-refractivity contribution is 0.0973. The molecule has 0 spiro atoms. The van der Waals surface area contributed by atoms with Crippen molar-refractivity contribution in [2.75, 3.05) is 26.2 Å². The summed E-state index contributed by atoms with van der Waals surface area (Å²) in [5.74, 6) is 0.910. The first-order valence-electron chi connectivity index (χ1n) is 10.2. The minimum Gasteiger partial charge on any atom is -0.302 e. The molecule has 0 aliphatic carbocycles. The highest BCUT2D eigenvalue weighted by Gasteiger charge is 2.20. The van der Waals surface area contributed by atoms with E-state index in [4.69, 9.17) is 17.3 Å². The van der Waals surface area contributed by atoms with Crippen LogP contribution in [0.3, 0.4) is 0 Å². The Labute approximate surface area is 188 Å². The number of nitrogens with zero attached hydrogens (tertiary/aromatic N) is 7. The van der Waals surface area contributed by atoms with Crippen molar-refractivity contribution in [1.82, 2.24) is 33.5 Å². The molecule has 1 fully saturated rings. The van der Waals surface area contributed by atoms with Crippen LogP contribution in [-0.2, 0) is 20.3 Å². The number of aromatic nitrogens is 5. The van der Waals surface area contributed by atoms with E-state index >= 15 is 0 Å². The van der Waals surface area contributed by atoms with Gasteiger partial charge in [0.05, 0.1) is 17.2 Å². The van der Waals surface area contributed by atoms with Gasteiger partial charge < -0.3 is 4.57 Å². The summed E-state index contributed by atoms with van der Waals surface area (Å²) >= 11 is 7.28. The van der Waals surface area contributed by atoms with Gasteiger partial charge in [-0.05, 0) is 35.8 Å². The molecule has 1 saturated heterocycles. The van der Waals surface area contributed by atoms with Crippen LogP contribution in [0, 0.1) is 4.77 Å². The van der Waals surface area contributed by atoms with Crippen LogP contribution in [-0.4, -0.2) is 59.7 Å². The summed E-state index contributed by atoms with van der Waals surface area (Å²) in [7, 11) is 1.97. The number of pyridine rings is 1. The second-order valence-electron chi connectivity index (χ2n) is 7.69. The molecule has 5 heterocycles. The fourth-order valence-electron chi connectivity index (χ4n) is 3.89. The van der Waals surface area contributed by atoms with E-state index in [0.717, 1.165) is 47.3 Å². The smallest absolute Gasteiger partial charge is 0.258 e. The Morgan fingerprint density at radius 1 is 1.10 bits per heavy atom. The quantitative estimate of drug-likeness (QED) is 0.433. The molecule has 0 aromatic carbocycles. The van der Waals surface area contributed by atoms with E-state index in [-0.39, 0.29) is 5.56 Å². The van der Waals surface area contributed by atoms with Crippen LogP contribution in [0.4, 0.5) is 0 Å². The molecule has 1 aliphatic heterocycles. The second kappa shape index (κ2) is 8.46. The summed E-state index contributed by atoms with van der Waals surface area (Å²) in [6, 6.07) is 11.3. The third-order valence-corrected chi connectivity index (χ3v) is 6.94. The van der Waals surface area contributed by atoms with Crippen LogP contribution in [0.1, 0.15) is 5.69 Å². The normalized spacial score (nSPS) is 15.6. The Kier molecular flexibility index (Phi) is 5.53. The van der Waals surface area contributed by atoms with Crippen molar-refractivity contribution in [2.24, 2.45) is 7.05 Å². The summed E-state index contributed by atoms with van der Waals surface area (Å²) in [5.41, 5.74) is 1.47. The van der Waals surface area contributed by atoms with Crippen molar-refractivity contribution in [3.05, 3.63) is 68.8 Å². The summed E-state index contributed by atoms with van der Waals surface area (Å²) in [4.78, 5) is 22.8. The van der Waals surface area contributed by atoms with Gasteiger partial charge in [-0.3, -0.25) is 19.0 Å². The zero-order valence-corrected chi connectivity index (χ0v) is 18.8. The van der Waals surface area contributed by atoms with Crippen molar-refractivity contribution >= 4 is 29.2 Å². The number of hydrogen-bond acceptors (Lipinski definition) is 7. The van der Waals surface area contributed by atoms with Gasteiger partial charge in [0.1, 0.15) is 5.65 Å². The van der Waals surface area contributed by atoms with E-state index in [1.165, 1.54) is 0 Å². The van der Waals surface area contributed by atoms with Crippen LogP contribution < -0.4 is 5.56 Å². The average Bonchev–Trinajstić information content (AvgIpc) is 3.40. The third-order valence-electron chi connectivity index (χ3n) is 5.59. The van der Waals surface area contributed by atoms with Crippen molar-refractivity contribution in [3.8, 4) is 10.7 Å². The first-order valence-corrected chi connectivity index (χ1v) is 11.5. The van der Waals surface area contributed by atoms with Gasteiger partial charge in [0, 0.05) is 52.0 Å². The molecular weight excluding hydrogens is 430 g/mol. The van der Waals surface area contributed by atoms with Gasteiger partial charge in [0.2, 0.25) is 0 Å². The highest BCUT2D eigenvalue weighted by atomic mass is 32.1. The van der Waals surface area contributed by atoms with Crippen molar-refractivity contribution in [1.29, 1.82) is 0 Å². The van der Waals surface area contributed by atoms with Gasteiger partial charge in [0.15, 0.2) is 10.6 Å². The van der Waals surface area contributed by atoms with Gasteiger partial charge in [-0.2, -0.15) is 0 Å². The molecule has 5 rings (SSSR count). The largest absolute Gasteiger partial charge is 0.302 e. The molecule has 0 atom stereocenters. The van der Waals surface area contributed by atoms with Crippen LogP contribution in [0.25, 0.3) is 16.3 Å². The molecule has 0 unspecified atom stereocenters. The molecule has 0 radical (unpaired) electrons. The lowest BCUT2D eigenvalue weighted by Crippen LogP contribution is -2.46. The minimum atomic E-state index is -0.0368. The van der Waals surface area contributed by atoms with E-state index in [0.29, 0.717) is 18.9 Å². The van der Waals surface area contributed by atoms with Gasteiger partial charge in [-0.25, -0.2) is 9.67 Å². The maximum absolute atomic E-state index is 12.3. The van der Waals surface area contributed by atoms with Crippen molar-refractivity contribution in [2.45, 2.75) is 13.2 Å². The van der Waals surface area contributed by atoms with E-state index in [9.17, 15) is 4.79 Å². The molecular formula is C21H23N7OS2. The summed E-state index contributed by atoms with van der Waals surface area (Å²) < 4.78 is 6.18. The summed E-state index contributed by atoms with van der Waals surface area (Å²) in [5, 5.41) is 6.81. The predicted molar refractivity (Wildman–Crippen MR) is 124 cm³/mol. The highest BCUT2D eigenvalue weighted by molar-refractivity contribution is 7.71. The van der Waals surface area contributed by atoms with Crippen LogP contribution in [0.15, 0.2) is 52.8 Å². The third kappa shape index (κ3) is 4.11. The lowest BCUT2D eigenvalue weighted by Gasteiger charge is -2.34. The predicted octanol–water partition coefficient (Wildman–Crippen LogP) is 2.46. The fourth-order valence-corrected chi connectivity index (χ4v) is 4.82. The minimum absolute atomic E-state index is 0.0368. The van der Waals surface area contributed by atoms with Gasteiger partial charge in [-0.15, -0.1) is 16.4 Å². The van der Waals surface area contributed by atoms with E-state index < -0.39 is 0 Å². The molecule has 1 aliphatic rings. The number of hydrogen-bond donors (Lipinski definition) is 0. The zero-order chi connectivity index (χ0) is 21.4. The fraction of sp³-hybridized carbons (Fsp3) is 0.333. The Morgan fingerprint density at radius 2 is 1.90 bits per heavy atom. The van der Waals surface area contributed by atoms with E-state index in [2.05, 4.69) is 26.2 Å². The zero-order valence-electron chi connectivity index (χ0n) is 17.2. The molecule has 0 bridgehead atoms. The van der Waals surface area contributed by atoms with Gasteiger partial charge in [-0.1, -0.05) is 12.1 Å². The Bertz CT molecular complexity index is 1310. The first kappa shape index (κ1) is 20.3. The van der Waals surface area contributed by atoms with Gasteiger partial charge in [0.25, 0.3) is 5.56 Å². The van der Waals surface area contributed by atoms with E-state index in [1.54, 1.807) is 28.0 Å². The van der Waals surface area contributed by atoms with Crippen LogP contribution in [0.5, 0.6) is 0 Å². The van der Waals surface area contributed by atoms with Crippen molar-refractivity contribution < 1.29 is 0 Å².